The van der Waals surface area contributed by atoms with E-state index in [0.29, 0.717) is 19.6 Å². The number of urea groups is 1. The Morgan fingerprint density at radius 2 is 1.70 bits per heavy atom. The van der Waals surface area contributed by atoms with Crippen molar-refractivity contribution in [1.29, 1.82) is 0 Å². The van der Waals surface area contributed by atoms with Crippen molar-refractivity contribution >= 4 is 6.03 Å². The van der Waals surface area contributed by atoms with E-state index in [1.54, 1.807) is 29.7 Å². The molecule has 0 radical (unpaired) electrons. The number of carbonyl (C=O) groups is 1. The molecule has 6 nitrogen and oxygen atoms in total. The monoisotopic (exact) mass is 313 g/mol. The van der Waals surface area contributed by atoms with Crippen molar-refractivity contribution in [2.24, 2.45) is 0 Å². The van der Waals surface area contributed by atoms with Crippen molar-refractivity contribution < 1.29 is 4.79 Å². The summed E-state index contributed by atoms with van der Waals surface area (Å²) in [7, 11) is 3.99. The Morgan fingerprint density at radius 1 is 1.04 bits per heavy atom. The van der Waals surface area contributed by atoms with Crippen LogP contribution in [0.4, 0.5) is 4.79 Å². The van der Waals surface area contributed by atoms with Crippen molar-refractivity contribution in [3.05, 3.63) is 60.2 Å². The topological polar surface area (TPSA) is 61.4 Å². The molecule has 0 aliphatic rings. The van der Waals surface area contributed by atoms with Crippen LogP contribution < -0.4 is 5.32 Å². The van der Waals surface area contributed by atoms with E-state index >= 15 is 0 Å². The van der Waals surface area contributed by atoms with Gasteiger partial charge in [0.05, 0.1) is 0 Å². The first-order valence-electron chi connectivity index (χ1n) is 7.60. The number of nitrogens with zero attached hydrogens (tertiary/aromatic N) is 4. The molecule has 2 aromatic heterocycles. The molecular formula is C17H23N5O. The summed E-state index contributed by atoms with van der Waals surface area (Å²) in [6, 6.07) is 7.58. The van der Waals surface area contributed by atoms with Gasteiger partial charge in [-0.2, -0.15) is 0 Å². The molecule has 6 heteroatoms. The normalized spacial score (nSPS) is 10.6. The van der Waals surface area contributed by atoms with Crippen LogP contribution in [0.2, 0.25) is 0 Å². The number of hydrogen-bond donors (Lipinski definition) is 1. The van der Waals surface area contributed by atoms with E-state index < -0.39 is 0 Å². The third-order valence-electron chi connectivity index (χ3n) is 3.37. The van der Waals surface area contributed by atoms with Crippen LogP contribution >= 0.6 is 0 Å². The van der Waals surface area contributed by atoms with E-state index in [9.17, 15) is 4.79 Å². The predicted octanol–water partition coefficient (Wildman–Crippen LogP) is 1.75. The van der Waals surface area contributed by atoms with Gasteiger partial charge < -0.3 is 15.1 Å². The summed E-state index contributed by atoms with van der Waals surface area (Å²) < 4.78 is 0. The first-order valence-corrected chi connectivity index (χ1v) is 7.60. The lowest BCUT2D eigenvalue weighted by Crippen LogP contribution is -2.42. The molecule has 1 N–H and O–H groups in total. The molecule has 0 aliphatic heterocycles. The molecule has 0 aromatic carbocycles. The summed E-state index contributed by atoms with van der Waals surface area (Å²) >= 11 is 0. The summed E-state index contributed by atoms with van der Waals surface area (Å²) in [5.41, 5.74) is 2.00. The van der Waals surface area contributed by atoms with Crippen LogP contribution in [0.3, 0.4) is 0 Å². The van der Waals surface area contributed by atoms with Gasteiger partial charge in [0.2, 0.25) is 0 Å². The van der Waals surface area contributed by atoms with E-state index in [0.717, 1.165) is 17.7 Å². The van der Waals surface area contributed by atoms with Gasteiger partial charge >= 0.3 is 6.03 Å². The highest BCUT2D eigenvalue weighted by Crippen LogP contribution is 2.04. The van der Waals surface area contributed by atoms with Gasteiger partial charge in [-0.05, 0) is 37.4 Å². The Labute approximate surface area is 137 Å². The van der Waals surface area contributed by atoms with Gasteiger partial charge in [0.25, 0.3) is 0 Å². The fourth-order valence-corrected chi connectivity index (χ4v) is 2.08. The van der Waals surface area contributed by atoms with Crippen molar-refractivity contribution in [3.8, 4) is 0 Å². The van der Waals surface area contributed by atoms with Gasteiger partial charge in [0.15, 0.2) is 0 Å². The zero-order chi connectivity index (χ0) is 16.5. The molecule has 0 bridgehead atoms. The zero-order valence-electron chi connectivity index (χ0n) is 13.6. The van der Waals surface area contributed by atoms with Gasteiger partial charge in [-0.3, -0.25) is 9.97 Å². The average Bonchev–Trinajstić information content (AvgIpc) is 2.58. The number of rotatable bonds is 7. The van der Waals surface area contributed by atoms with Crippen molar-refractivity contribution in [3.63, 3.8) is 0 Å². The Balaban J connectivity index is 1.95. The molecule has 2 aromatic rings. The quantitative estimate of drug-likeness (QED) is 0.846. The predicted molar refractivity (Wildman–Crippen MR) is 89.7 cm³/mol. The number of nitrogens with one attached hydrogen (secondary N) is 1. The highest BCUT2D eigenvalue weighted by atomic mass is 16.2. The Bertz CT molecular complexity index is 588. The van der Waals surface area contributed by atoms with Gasteiger partial charge in [-0.25, -0.2) is 4.79 Å². The maximum absolute atomic E-state index is 12.5. The number of aromatic nitrogens is 2. The third-order valence-corrected chi connectivity index (χ3v) is 3.37. The summed E-state index contributed by atoms with van der Waals surface area (Å²) in [5, 5.41) is 2.95. The van der Waals surface area contributed by atoms with Crippen LogP contribution in [0.25, 0.3) is 0 Å². The first kappa shape index (κ1) is 16.9. The molecule has 0 unspecified atom stereocenters. The minimum Gasteiger partial charge on any atom is -0.334 e. The van der Waals surface area contributed by atoms with E-state index in [1.165, 1.54) is 0 Å². The maximum Gasteiger partial charge on any atom is 0.318 e. The molecular weight excluding hydrogens is 290 g/mol. The van der Waals surface area contributed by atoms with Crippen LogP contribution in [0.15, 0.2) is 49.1 Å². The Hall–Kier alpha value is -2.47. The molecule has 2 amide bonds. The van der Waals surface area contributed by atoms with Crippen LogP contribution in [-0.2, 0) is 13.1 Å². The third kappa shape index (κ3) is 6.04. The Morgan fingerprint density at radius 3 is 2.26 bits per heavy atom. The average molecular weight is 313 g/mol. The van der Waals surface area contributed by atoms with Crippen molar-refractivity contribution in [1.82, 2.24) is 25.1 Å². The number of pyridine rings is 2. The zero-order valence-corrected chi connectivity index (χ0v) is 13.6. The van der Waals surface area contributed by atoms with Crippen LogP contribution in [0.1, 0.15) is 11.1 Å². The first-order chi connectivity index (χ1) is 11.1. The van der Waals surface area contributed by atoms with Crippen molar-refractivity contribution in [2.75, 3.05) is 27.2 Å². The lowest BCUT2D eigenvalue weighted by Gasteiger charge is -2.24. The molecule has 0 atom stereocenters. The summed E-state index contributed by atoms with van der Waals surface area (Å²) in [5.74, 6) is 0. The highest BCUT2D eigenvalue weighted by Gasteiger charge is 2.14. The number of amides is 2. The molecule has 23 heavy (non-hydrogen) atoms. The molecule has 0 saturated heterocycles. The standard InChI is InChI=1S/C17H23N5O/c1-21(2)9-10-22(14-16-6-4-8-19-12-16)17(23)20-13-15-5-3-7-18-11-15/h3-8,11-12H,9-10,13-14H2,1-2H3,(H,20,23). The second-order valence-corrected chi connectivity index (χ2v) is 5.61. The van der Waals surface area contributed by atoms with Gasteiger partial charge in [-0.15, -0.1) is 0 Å². The van der Waals surface area contributed by atoms with E-state index in [-0.39, 0.29) is 6.03 Å². The lowest BCUT2D eigenvalue weighted by molar-refractivity contribution is 0.188. The van der Waals surface area contributed by atoms with E-state index in [4.69, 9.17) is 0 Å². The van der Waals surface area contributed by atoms with E-state index in [2.05, 4.69) is 20.2 Å². The second-order valence-electron chi connectivity index (χ2n) is 5.61. The minimum atomic E-state index is -0.0837. The van der Waals surface area contributed by atoms with E-state index in [1.807, 2.05) is 38.4 Å². The van der Waals surface area contributed by atoms with Crippen LogP contribution in [0, 0.1) is 0 Å². The SMILES string of the molecule is CN(C)CCN(Cc1cccnc1)C(=O)NCc1cccnc1. The summed E-state index contributed by atoms with van der Waals surface area (Å²) in [6.07, 6.45) is 7.00. The van der Waals surface area contributed by atoms with Crippen molar-refractivity contribution in [2.45, 2.75) is 13.1 Å². The number of likely N-dealkylation sites (N-methyl/N-ethyl adjacent to an activating group) is 1. The van der Waals surface area contributed by atoms with Gasteiger partial charge in [0, 0.05) is 51.0 Å². The number of hydrogen-bond acceptors (Lipinski definition) is 4. The molecule has 2 rings (SSSR count). The van der Waals surface area contributed by atoms with Crippen LogP contribution in [0.5, 0.6) is 0 Å². The van der Waals surface area contributed by atoms with Gasteiger partial charge in [-0.1, -0.05) is 12.1 Å². The Kier molecular flexibility index (Phi) is 6.50. The molecule has 0 aliphatic carbocycles. The minimum absolute atomic E-state index is 0.0837. The maximum atomic E-state index is 12.5. The molecule has 0 fully saturated rings. The molecule has 122 valence electrons. The largest absolute Gasteiger partial charge is 0.334 e. The molecule has 0 saturated carbocycles. The van der Waals surface area contributed by atoms with Crippen LogP contribution in [-0.4, -0.2) is 53.0 Å². The fraction of sp³-hybridized carbons (Fsp3) is 0.353. The molecule has 0 spiro atoms. The second kappa shape index (κ2) is 8.85. The highest BCUT2D eigenvalue weighted by molar-refractivity contribution is 5.74. The van der Waals surface area contributed by atoms with Gasteiger partial charge in [0.1, 0.15) is 0 Å². The number of carbonyl (C=O) groups excluding carboxylic acids is 1. The summed E-state index contributed by atoms with van der Waals surface area (Å²) in [4.78, 5) is 24.5. The smallest absolute Gasteiger partial charge is 0.318 e. The lowest BCUT2D eigenvalue weighted by atomic mass is 10.2. The molecule has 2 heterocycles. The summed E-state index contributed by atoms with van der Waals surface area (Å²) in [6.45, 7) is 2.47. The fourth-order valence-electron chi connectivity index (χ4n) is 2.08.